The van der Waals surface area contributed by atoms with Crippen LogP contribution >= 0.6 is 23.1 Å². The highest BCUT2D eigenvalue weighted by molar-refractivity contribution is 7.89. The monoisotopic (exact) mass is 365 g/mol. The molecule has 2 aromatic heterocycles. The van der Waals surface area contributed by atoms with Crippen LogP contribution in [0.1, 0.15) is 29.8 Å². The maximum atomic E-state index is 13.3. The van der Waals surface area contributed by atoms with Crippen LogP contribution in [0.4, 0.5) is 0 Å². The van der Waals surface area contributed by atoms with Gasteiger partial charge >= 0.3 is 0 Å². The second kappa shape index (κ2) is 5.62. The standard InChI is InChI=1S/C15H15N3O2S3/c1-2-12-10-7-9-21-13(10)6-8-18(12)23(19,20)14-5-3-4-11-15(14)17-22-16-11/h3-5,7,9,12H,2,6,8H2,1H3. The highest BCUT2D eigenvalue weighted by Gasteiger charge is 2.37. The van der Waals surface area contributed by atoms with Crippen molar-refractivity contribution in [2.45, 2.75) is 30.7 Å². The lowest BCUT2D eigenvalue weighted by atomic mass is 10.0. The summed E-state index contributed by atoms with van der Waals surface area (Å²) >= 11 is 2.76. The van der Waals surface area contributed by atoms with Crippen molar-refractivity contribution in [3.8, 4) is 0 Å². The van der Waals surface area contributed by atoms with Gasteiger partial charge in [-0.15, -0.1) is 11.3 Å². The third-order valence-corrected chi connectivity index (χ3v) is 7.75. The number of hydrogen-bond donors (Lipinski definition) is 0. The van der Waals surface area contributed by atoms with E-state index < -0.39 is 10.0 Å². The summed E-state index contributed by atoms with van der Waals surface area (Å²) in [6.07, 6.45) is 1.53. The molecule has 1 unspecified atom stereocenters. The summed E-state index contributed by atoms with van der Waals surface area (Å²) in [5.41, 5.74) is 2.26. The van der Waals surface area contributed by atoms with Crippen molar-refractivity contribution in [3.05, 3.63) is 40.1 Å². The smallest absolute Gasteiger partial charge is 0.207 e. The van der Waals surface area contributed by atoms with Crippen LogP contribution in [0.25, 0.3) is 11.0 Å². The lowest BCUT2D eigenvalue weighted by Crippen LogP contribution is -2.39. The number of nitrogens with zero attached hydrogens (tertiary/aromatic N) is 3. The number of thiophene rings is 1. The second-order valence-corrected chi connectivity index (χ2v) is 8.87. The molecule has 1 aliphatic heterocycles. The van der Waals surface area contributed by atoms with Crippen LogP contribution in [-0.4, -0.2) is 28.0 Å². The van der Waals surface area contributed by atoms with Crippen molar-refractivity contribution in [2.24, 2.45) is 0 Å². The molecule has 5 nitrogen and oxygen atoms in total. The Morgan fingerprint density at radius 2 is 2.17 bits per heavy atom. The molecule has 8 heteroatoms. The zero-order chi connectivity index (χ0) is 16.0. The van der Waals surface area contributed by atoms with Crippen molar-refractivity contribution in [2.75, 3.05) is 6.54 Å². The highest BCUT2D eigenvalue weighted by Crippen LogP contribution is 2.39. The Bertz CT molecular complexity index is 961. The zero-order valence-corrected chi connectivity index (χ0v) is 14.9. The molecule has 1 atom stereocenters. The molecular formula is C15H15N3O2S3. The van der Waals surface area contributed by atoms with Gasteiger partial charge in [-0.2, -0.15) is 13.1 Å². The minimum atomic E-state index is -3.60. The number of hydrogen-bond acceptors (Lipinski definition) is 6. The highest BCUT2D eigenvalue weighted by atomic mass is 32.2. The molecule has 0 fully saturated rings. The molecule has 120 valence electrons. The van der Waals surface area contributed by atoms with Crippen LogP contribution in [0.3, 0.4) is 0 Å². The summed E-state index contributed by atoms with van der Waals surface area (Å²) in [6, 6.07) is 7.12. The van der Waals surface area contributed by atoms with Crippen LogP contribution in [0.15, 0.2) is 34.5 Å². The van der Waals surface area contributed by atoms with E-state index in [9.17, 15) is 8.42 Å². The molecule has 3 heterocycles. The van der Waals surface area contributed by atoms with Gasteiger partial charge in [0.1, 0.15) is 15.9 Å². The van der Waals surface area contributed by atoms with Gasteiger partial charge in [-0.05, 0) is 42.0 Å². The molecule has 4 rings (SSSR count). The molecule has 0 spiro atoms. The number of aromatic nitrogens is 2. The zero-order valence-electron chi connectivity index (χ0n) is 12.5. The molecule has 0 aliphatic carbocycles. The Morgan fingerprint density at radius 1 is 1.30 bits per heavy atom. The van der Waals surface area contributed by atoms with Crippen molar-refractivity contribution >= 4 is 44.1 Å². The molecule has 0 radical (unpaired) electrons. The average molecular weight is 366 g/mol. The summed E-state index contributed by atoms with van der Waals surface area (Å²) in [4.78, 5) is 1.57. The fourth-order valence-electron chi connectivity index (χ4n) is 3.20. The second-order valence-electron chi connectivity index (χ2n) is 5.48. The SMILES string of the molecule is CCC1c2ccsc2CCN1S(=O)(=O)c1cccc2nsnc12. The average Bonchev–Trinajstić information content (AvgIpc) is 3.21. The van der Waals surface area contributed by atoms with E-state index in [0.717, 1.165) is 30.1 Å². The van der Waals surface area contributed by atoms with Gasteiger partial charge in [0, 0.05) is 11.4 Å². The molecule has 0 saturated carbocycles. The Kier molecular flexibility index (Phi) is 3.72. The third kappa shape index (κ3) is 2.32. The summed E-state index contributed by atoms with van der Waals surface area (Å²) in [5.74, 6) is 0. The van der Waals surface area contributed by atoms with E-state index in [-0.39, 0.29) is 10.9 Å². The van der Waals surface area contributed by atoms with Gasteiger partial charge < -0.3 is 0 Å². The van der Waals surface area contributed by atoms with Crippen molar-refractivity contribution in [1.82, 2.24) is 13.1 Å². The maximum absolute atomic E-state index is 13.3. The number of rotatable bonds is 3. The molecule has 0 saturated heterocycles. The van der Waals surface area contributed by atoms with Crippen LogP contribution < -0.4 is 0 Å². The number of fused-ring (bicyclic) bond motifs is 2. The molecule has 0 bridgehead atoms. The quantitative estimate of drug-likeness (QED) is 0.713. The lowest BCUT2D eigenvalue weighted by Gasteiger charge is -2.34. The van der Waals surface area contributed by atoms with Gasteiger partial charge in [-0.3, -0.25) is 0 Å². The van der Waals surface area contributed by atoms with Crippen LogP contribution in [-0.2, 0) is 16.4 Å². The molecule has 0 N–H and O–H groups in total. The summed E-state index contributed by atoms with van der Waals surface area (Å²) in [5, 5.41) is 2.05. The maximum Gasteiger partial charge on any atom is 0.245 e. The minimum absolute atomic E-state index is 0.100. The predicted octanol–water partition coefficient (Wildman–Crippen LogP) is 3.45. The van der Waals surface area contributed by atoms with E-state index in [0.29, 0.717) is 17.6 Å². The first kappa shape index (κ1) is 15.2. The number of benzene rings is 1. The fraction of sp³-hybridized carbons (Fsp3) is 0.333. The summed E-state index contributed by atoms with van der Waals surface area (Å²) in [7, 11) is -3.60. The first-order valence-corrected chi connectivity index (χ1v) is 10.5. The summed E-state index contributed by atoms with van der Waals surface area (Å²) in [6.45, 7) is 2.55. The van der Waals surface area contributed by atoms with Gasteiger partial charge in [0.05, 0.1) is 17.8 Å². The molecule has 1 aromatic carbocycles. The predicted molar refractivity (Wildman–Crippen MR) is 92.4 cm³/mol. The Balaban J connectivity index is 1.84. The first-order valence-electron chi connectivity index (χ1n) is 7.42. The molecular weight excluding hydrogens is 350 g/mol. The molecule has 3 aromatic rings. The lowest BCUT2D eigenvalue weighted by molar-refractivity contribution is 0.303. The van der Waals surface area contributed by atoms with Crippen LogP contribution in [0.2, 0.25) is 0 Å². The van der Waals surface area contributed by atoms with Gasteiger partial charge in [0.2, 0.25) is 10.0 Å². The van der Waals surface area contributed by atoms with E-state index in [1.165, 1.54) is 4.88 Å². The Hall–Kier alpha value is -1.35. The summed E-state index contributed by atoms with van der Waals surface area (Å²) < 4.78 is 36.5. The molecule has 0 amide bonds. The van der Waals surface area contributed by atoms with Gasteiger partial charge in [-0.25, -0.2) is 8.42 Å². The fourth-order valence-corrected chi connectivity index (χ4v) is 6.56. The Morgan fingerprint density at radius 3 is 3.00 bits per heavy atom. The van der Waals surface area contributed by atoms with E-state index in [2.05, 4.69) is 20.2 Å². The first-order chi connectivity index (χ1) is 11.1. The topological polar surface area (TPSA) is 63.2 Å². The van der Waals surface area contributed by atoms with Crippen LogP contribution in [0.5, 0.6) is 0 Å². The van der Waals surface area contributed by atoms with Gasteiger partial charge in [-0.1, -0.05) is 13.0 Å². The van der Waals surface area contributed by atoms with Crippen molar-refractivity contribution in [3.63, 3.8) is 0 Å². The van der Waals surface area contributed by atoms with E-state index in [1.54, 1.807) is 33.8 Å². The van der Waals surface area contributed by atoms with E-state index >= 15 is 0 Å². The molecule has 23 heavy (non-hydrogen) atoms. The van der Waals surface area contributed by atoms with Gasteiger partial charge in [0.25, 0.3) is 0 Å². The largest absolute Gasteiger partial charge is 0.245 e. The van der Waals surface area contributed by atoms with Crippen LogP contribution in [0, 0.1) is 0 Å². The van der Waals surface area contributed by atoms with E-state index in [4.69, 9.17) is 0 Å². The molecule has 1 aliphatic rings. The number of sulfonamides is 1. The third-order valence-electron chi connectivity index (χ3n) is 4.27. The van der Waals surface area contributed by atoms with Gasteiger partial charge in [0.15, 0.2) is 0 Å². The normalized spacial score (nSPS) is 19.1. The van der Waals surface area contributed by atoms with Crippen molar-refractivity contribution < 1.29 is 8.42 Å². The van der Waals surface area contributed by atoms with Crippen molar-refractivity contribution in [1.29, 1.82) is 0 Å². The minimum Gasteiger partial charge on any atom is -0.207 e. The Labute approximate surface area is 143 Å². The van der Waals surface area contributed by atoms with E-state index in [1.807, 2.05) is 6.92 Å².